The van der Waals surface area contributed by atoms with Gasteiger partial charge in [0.25, 0.3) is 5.91 Å². The van der Waals surface area contributed by atoms with Gasteiger partial charge < -0.3 is 10.2 Å². The molecule has 3 rings (SSSR count). The smallest absolute Gasteiger partial charge is 0.272 e. The van der Waals surface area contributed by atoms with Crippen molar-refractivity contribution in [3.63, 3.8) is 0 Å². The fourth-order valence-corrected chi connectivity index (χ4v) is 3.49. The molecule has 0 spiro atoms. The molecule has 2 heterocycles. The van der Waals surface area contributed by atoms with Gasteiger partial charge in [0.15, 0.2) is 0 Å². The zero-order valence-electron chi connectivity index (χ0n) is 14.8. The molecule has 1 aliphatic rings. The Hall–Kier alpha value is -2.14. The first kappa shape index (κ1) is 17.7. The van der Waals surface area contributed by atoms with Gasteiger partial charge in [-0.3, -0.25) is 4.79 Å². The number of benzene rings is 1. The van der Waals surface area contributed by atoms with Crippen molar-refractivity contribution < 1.29 is 4.79 Å². The van der Waals surface area contributed by atoms with Crippen molar-refractivity contribution in [3.05, 3.63) is 46.4 Å². The van der Waals surface area contributed by atoms with Crippen LogP contribution in [-0.4, -0.2) is 33.9 Å². The summed E-state index contributed by atoms with van der Waals surface area (Å²) in [5.74, 6) is 1.21. The van der Waals surface area contributed by atoms with E-state index in [1.165, 1.54) is 6.33 Å². The highest BCUT2D eigenvalue weighted by Crippen LogP contribution is 2.29. The van der Waals surface area contributed by atoms with Crippen molar-refractivity contribution in [2.75, 3.05) is 18.4 Å². The second-order valence-corrected chi connectivity index (χ2v) is 7.23. The van der Waals surface area contributed by atoms with Gasteiger partial charge in [-0.05, 0) is 49.8 Å². The number of hydrogen-bond donors (Lipinski definition) is 1. The van der Waals surface area contributed by atoms with E-state index in [-0.39, 0.29) is 5.91 Å². The second kappa shape index (κ2) is 7.40. The summed E-state index contributed by atoms with van der Waals surface area (Å²) in [7, 11) is 0. The number of nitrogens with one attached hydrogen (secondary N) is 1. The third-order valence-corrected chi connectivity index (χ3v) is 4.94. The van der Waals surface area contributed by atoms with Crippen LogP contribution < -0.4 is 5.32 Å². The molecule has 0 atom stereocenters. The maximum atomic E-state index is 12.7. The van der Waals surface area contributed by atoms with Crippen molar-refractivity contribution in [3.8, 4) is 0 Å². The average molecular weight is 359 g/mol. The summed E-state index contributed by atoms with van der Waals surface area (Å²) in [6, 6.07) is 5.64. The van der Waals surface area contributed by atoms with Crippen LogP contribution in [0.1, 0.15) is 41.4 Å². The van der Waals surface area contributed by atoms with Gasteiger partial charge in [-0.1, -0.05) is 24.6 Å². The number of piperidine rings is 1. The van der Waals surface area contributed by atoms with E-state index in [2.05, 4.69) is 28.3 Å². The SMILES string of the molecule is Cc1cc(C)c(Nc2cc(C(=O)N3CCC(C)CC3)ncn2)c(Cl)c1. The van der Waals surface area contributed by atoms with Crippen molar-refractivity contribution >= 4 is 29.0 Å². The zero-order chi connectivity index (χ0) is 18.0. The molecule has 1 aromatic heterocycles. The Balaban J connectivity index is 1.79. The van der Waals surface area contributed by atoms with Gasteiger partial charge in [0.1, 0.15) is 17.8 Å². The molecule has 0 aliphatic carbocycles. The van der Waals surface area contributed by atoms with Crippen LogP contribution in [0.3, 0.4) is 0 Å². The second-order valence-electron chi connectivity index (χ2n) is 6.83. The van der Waals surface area contributed by atoms with E-state index in [1.54, 1.807) is 6.07 Å². The summed E-state index contributed by atoms with van der Waals surface area (Å²) in [6.45, 7) is 7.79. The Bertz CT molecular complexity index is 762. The van der Waals surface area contributed by atoms with E-state index in [9.17, 15) is 4.79 Å². The summed E-state index contributed by atoms with van der Waals surface area (Å²) in [6.07, 6.45) is 3.50. The number of aromatic nitrogens is 2. The first-order valence-corrected chi connectivity index (χ1v) is 8.97. The van der Waals surface area contributed by atoms with E-state index in [1.807, 2.05) is 24.8 Å². The number of carbonyl (C=O) groups is 1. The Morgan fingerprint density at radius 3 is 2.60 bits per heavy atom. The normalized spacial score (nSPS) is 15.3. The molecule has 0 radical (unpaired) electrons. The minimum absolute atomic E-state index is 0.0379. The molecular weight excluding hydrogens is 336 g/mol. The first-order chi connectivity index (χ1) is 11.9. The molecule has 1 aromatic carbocycles. The van der Waals surface area contributed by atoms with Crippen LogP contribution in [0.15, 0.2) is 24.5 Å². The molecule has 5 nitrogen and oxygen atoms in total. The predicted octanol–water partition coefficient (Wildman–Crippen LogP) is 4.36. The van der Waals surface area contributed by atoms with Crippen molar-refractivity contribution in [1.29, 1.82) is 0 Å². The zero-order valence-corrected chi connectivity index (χ0v) is 15.6. The number of halogens is 1. The molecule has 1 fully saturated rings. The quantitative estimate of drug-likeness (QED) is 0.885. The lowest BCUT2D eigenvalue weighted by Crippen LogP contribution is -2.38. The molecular formula is C19H23ClN4O. The lowest BCUT2D eigenvalue weighted by Gasteiger charge is -2.30. The Labute approximate surface area is 153 Å². The summed E-state index contributed by atoms with van der Waals surface area (Å²) in [5.41, 5.74) is 3.34. The van der Waals surface area contributed by atoms with Gasteiger partial charge in [0.05, 0.1) is 10.7 Å². The molecule has 6 heteroatoms. The standard InChI is InChI=1S/C19H23ClN4O/c1-12-4-6-24(7-5-12)19(25)16-10-17(22-11-21-16)23-18-14(3)8-13(2)9-15(18)20/h8-12H,4-7H2,1-3H3,(H,21,22,23). The third kappa shape index (κ3) is 4.10. The molecule has 25 heavy (non-hydrogen) atoms. The summed E-state index contributed by atoms with van der Waals surface area (Å²) in [4.78, 5) is 22.9. The monoisotopic (exact) mass is 358 g/mol. The lowest BCUT2D eigenvalue weighted by molar-refractivity contribution is 0.0691. The minimum Gasteiger partial charge on any atom is -0.339 e. The number of hydrogen-bond acceptors (Lipinski definition) is 4. The number of amides is 1. The lowest BCUT2D eigenvalue weighted by atomic mass is 9.99. The van der Waals surface area contributed by atoms with Crippen LogP contribution in [0.25, 0.3) is 0 Å². The third-order valence-electron chi connectivity index (χ3n) is 4.64. The molecule has 1 N–H and O–H groups in total. The number of anilines is 2. The van der Waals surface area contributed by atoms with Crippen molar-refractivity contribution in [2.24, 2.45) is 5.92 Å². The maximum Gasteiger partial charge on any atom is 0.272 e. The fourth-order valence-electron chi connectivity index (χ4n) is 3.12. The van der Waals surface area contributed by atoms with E-state index < -0.39 is 0 Å². The maximum absolute atomic E-state index is 12.7. The van der Waals surface area contributed by atoms with E-state index in [0.29, 0.717) is 22.5 Å². The number of aryl methyl sites for hydroxylation is 2. The van der Waals surface area contributed by atoms with Crippen LogP contribution >= 0.6 is 11.6 Å². The number of likely N-dealkylation sites (tertiary alicyclic amines) is 1. The van der Waals surface area contributed by atoms with Crippen molar-refractivity contribution in [1.82, 2.24) is 14.9 Å². The van der Waals surface area contributed by atoms with E-state index in [4.69, 9.17) is 11.6 Å². The van der Waals surface area contributed by atoms with Gasteiger partial charge >= 0.3 is 0 Å². The Morgan fingerprint density at radius 2 is 1.92 bits per heavy atom. The van der Waals surface area contributed by atoms with Crippen LogP contribution in [0.2, 0.25) is 5.02 Å². The highest BCUT2D eigenvalue weighted by atomic mass is 35.5. The average Bonchev–Trinajstić information content (AvgIpc) is 2.58. The molecule has 1 amide bonds. The van der Waals surface area contributed by atoms with Gasteiger partial charge in [0.2, 0.25) is 0 Å². The molecule has 2 aromatic rings. The van der Waals surface area contributed by atoms with Gasteiger partial charge in [0, 0.05) is 19.2 Å². The van der Waals surface area contributed by atoms with Gasteiger partial charge in [-0.15, -0.1) is 0 Å². The summed E-state index contributed by atoms with van der Waals surface area (Å²) in [5, 5.41) is 3.85. The van der Waals surface area contributed by atoms with Crippen LogP contribution in [0.4, 0.5) is 11.5 Å². The van der Waals surface area contributed by atoms with Gasteiger partial charge in [-0.25, -0.2) is 9.97 Å². The molecule has 0 unspecified atom stereocenters. The largest absolute Gasteiger partial charge is 0.339 e. The molecule has 1 saturated heterocycles. The van der Waals surface area contributed by atoms with Crippen LogP contribution in [0, 0.1) is 19.8 Å². The number of nitrogens with zero attached hydrogens (tertiary/aromatic N) is 3. The Kier molecular flexibility index (Phi) is 5.23. The highest BCUT2D eigenvalue weighted by Gasteiger charge is 2.22. The molecule has 0 saturated carbocycles. The molecule has 1 aliphatic heterocycles. The molecule has 0 bridgehead atoms. The molecule has 132 valence electrons. The van der Waals surface area contributed by atoms with Crippen LogP contribution in [-0.2, 0) is 0 Å². The number of rotatable bonds is 3. The van der Waals surface area contributed by atoms with E-state index in [0.717, 1.165) is 42.7 Å². The van der Waals surface area contributed by atoms with Gasteiger partial charge in [-0.2, -0.15) is 0 Å². The minimum atomic E-state index is -0.0379. The highest BCUT2D eigenvalue weighted by molar-refractivity contribution is 6.33. The topological polar surface area (TPSA) is 58.1 Å². The fraction of sp³-hybridized carbons (Fsp3) is 0.421. The van der Waals surface area contributed by atoms with Crippen LogP contribution in [0.5, 0.6) is 0 Å². The predicted molar refractivity (Wildman–Crippen MR) is 101 cm³/mol. The first-order valence-electron chi connectivity index (χ1n) is 8.59. The summed E-state index contributed by atoms with van der Waals surface area (Å²) >= 11 is 6.34. The van der Waals surface area contributed by atoms with Crippen molar-refractivity contribution in [2.45, 2.75) is 33.6 Å². The Morgan fingerprint density at radius 1 is 1.20 bits per heavy atom. The van der Waals surface area contributed by atoms with E-state index >= 15 is 0 Å². The number of carbonyl (C=O) groups excluding carboxylic acids is 1. The summed E-state index contributed by atoms with van der Waals surface area (Å²) < 4.78 is 0.